The second-order valence-corrected chi connectivity index (χ2v) is 7.86. The molecule has 160 valence electrons. The summed E-state index contributed by atoms with van der Waals surface area (Å²) in [6.45, 7) is 3.99. The topological polar surface area (TPSA) is 125 Å². The molecule has 0 unspecified atom stereocenters. The lowest BCUT2D eigenvalue weighted by Gasteiger charge is -2.37. The van der Waals surface area contributed by atoms with Gasteiger partial charge in [0.15, 0.2) is 5.79 Å². The van der Waals surface area contributed by atoms with Gasteiger partial charge in [-0.1, -0.05) is 6.07 Å². The predicted molar refractivity (Wildman–Crippen MR) is 105 cm³/mol. The van der Waals surface area contributed by atoms with E-state index >= 15 is 0 Å². The van der Waals surface area contributed by atoms with Crippen molar-refractivity contribution in [3.8, 4) is 0 Å². The van der Waals surface area contributed by atoms with Crippen LogP contribution in [-0.2, 0) is 25.4 Å². The number of aromatic nitrogens is 3. The molecule has 30 heavy (non-hydrogen) atoms. The molecule has 2 fully saturated rings. The summed E-state index contributed by atoms with van der Waals surface area (Å²) >= 11 is 0. The van der Waals surface area contributed by atoms with Crippen molar-refractivity contribution in [2.45, 2.75) is 50.4 Å². The highest BCUT2D eigenvalue weighted by Gasteiger charge is 2.52. The zero-order valence-electron chi connectivity index (χ0n) is 16.7. The molecule has 10 heteroatoms. The van der Waals surface area contributed by atoms with Crippen molar-refractivity contribution in [1.29, 1.82) is 0 Å². The Kier molecular flexibility index (Phi) is 5.54. The Morgan fingerprint density at radius 3 is 2.83 bits per heavy atom. The molecule has 2 saturated heterocycles. The average Bonchev–Trinajstić information content (AvgIpc) is 3.02. The third-order valence-electron chi connectivity index (χ3n) is 5.19. The monoisotopic (exact) mass is 416 g/mol. The second-order valence-electron chi connectivity index (χ2n) is 7.86. The molecule has 4 heterocycles. The molecule has 10 nitrogen and oxygen atoms in total. The fourth-order valence-corrected chi connectivity index (χ4v) is 3.88. The van der Waals surface area contributed by atoms with Gasteiger partial charge in [-0.3, -0.25) is 24.1 Å². The van der Waals surface area contributed by atoms with Crippen molar-refractivity contribution in [2.75, 3.05) is 13.2 Å². The summed E-state index contributed by atoms with van der Waals surface area (Å²) in [6, 6.07) is 4.43. The van der Waals surface area contributed by atoms with Gasteiger partial charge in [0.05, 0.1) is 19.1 Å². The molecule has 0 spiro atoms. The van der Waals surface area contributed by atoms with Gasteiger partial charge in [0, 0.05) is 31.2 Å². The lowest BCUT2D eigenvalue weighted by atomic mass is 9.97. The highest BCUT2D eigenvalue weighted by molar-refractivity contribution is 5.78. The Bertz CT molecular complexity index is 1020. The summed E-state index contributed by atoms with van der Waals surface area (Å²) in [7, 11) is 0. The van der Waals surface area contributed by atoms with Crippen LogP contribution in [0.1, 0.15) is 25.5 Å². The Labute approximate surface area is 172 Å². The van der Waals surface area contributed by atoms with Crippen molar-refractivity contribution in [1.82, 2.24) is 19.9 Å². The minimum absolute atomic E-state index is 0.152. The van der Waals surface area contributed by atoms with E-state index in [1.807, 2.05) is 6.07 Å². The van der Waals surface area contributed by atoms with Crippen molar-refractivity contribution < 1.29 is 19.0 Å². The van der Waals surface area contributed by atoms with E-state index in [9.17, 15) is 14.4 Å². The molecule has 2 aliphatic rings. The van der Waals surface area contributed by atoms with Crippen LogP contribution in [0.3, 0.4) is 0 Å². The van der Waals surface area contributed by atoms with Gasteiger partial charge >= 0.3 is 5.69 Å². The predicted octanol–water partition coefficient (Wildman–Crippen LogP) is -0.249. The average molecular weight is 416 g/mol. The summed E-state index contributed by atoms with van der Waals surface area (Å²) in [6.07, 6.45) is 3.54. The molecule has 2 aromatic rings. The first kappa shape index (κ1) is 20.5. The fraction of sp³-hybridized carbons (Fsp3) is 0.500. The van der Waals surface area contributed by atoms with Gasteiger partial charge in [-0.25, -0.2) is 4.79 Å². The number of nitrogens with zero attached hydrogens (tertiary/aromatic N) is 2. The Morgan fingerprint density at radius 1 is 1.30 bits per heavy atom. The van der Waals surface area contributed by atoms with Gasteiger partial charge in [0.2, 0.25) is 5.91 Å². The first-order chi connectivity index (χ1) is 14.3. The molecule has 4 rings (SSSR count). The van der Waals surface area contributed by atoms with E-state index in [0.717, 1.165) is 5.56 Å². The molecule has 2 aromatic heterocycles. The summed E-state index contributed by atoms with van der Waals surface area (Å²) < 4.78 is 19.4. The van der Waals surface area contributed by atoms with Gasteiger partial charge in [0.25, 0.3) is 5.56 Å². The Balaban J connectivity index is 1.46. The van der Waals surface area contributed by atoms with Crippen LogP contribution >= 0.6 is 0 Å². The molecule has 0 bridgehead atoms. The first-order valence-corrected chi connectivity index (χ1v) is 9.77. The largest absolute Gasteiger partial charge is 0.371 e. The number of hydrogen-bond donors (Lipinski definition) is 2. The SMILES string of the molecule is CC1(C)O[C@@H]2[C@H](O1)[C@@H](CNC(=O)Cc1cccnc1)OC[C@H]2n1ccc(=O)[nH]c1=O. The van der Waals surface area contributed by atoms with Crippen LogP contribution in [0.5, 0.6) is 0 Å². The normalized spacial score (nSPS) is 27.4. The fourth-order valence-electron chi connectivity index (χ4n) is 3.88. The van der Waals surface area contributed by atoms with Gasteiger partial charge in [0.1, 0.15) is 18.3 Å². The molecule has 1 amide bonds. The standard InChI is InChI=1S/C20H24N4O6/c1-20(2)29-17-13(24-7-5-15(25)23-19(24)27)11-28-14(18(17)30-20)10-22-16(26)8-12-4-3-6-21-9-12/h3-7,9,13-14,17-18H,8,10-11H2,1-2H3,(H,22,26)(H,23,25,27)/t13-,14-,17+,18-/m1/s1. The first-order valence-electron chi connectivity index (χ1n) is 9.77. The second kappa shape index (κ2) is 8.13. The van der Waals surface area contributed by atoms with E-state index < -0.39 is 41.4 Å². The van der Waals surface area contributed by atoms with Crippen LogP contribution in [-0.4, -0.2) is 57.7 Å². The zero-order valence-corrected chi connectivity index (χ0v) is 16.7. The van der Waals surface area contributed by atoms with Crippen LogP contribution in [0.25, 0.3) is 0 Å². The number of carbonyl (C=O) groups excluding carboxylic acids is 1. The van der Waals surface area contributed by atoms with Crippen LogP contribution in [0.2, 0.25) is 0 Å². The van der Waals surface area contributed by atoms with Crippen LogP contribution in [0.4, 0.5) is 0 Å². The molecular weight excluding hydrogens is 392 g/mol. The molecule has 0 aliphatic carbocycles. The van der Waals surface area contributed by atoms with Crippen LogP contribution < -0.4 is 16.6 Å². The number of carbonyl (C=O) groups is 1. The number of fused-ring (bicyclic) bond motifs is 1. The number of hydrogen-bond acceptors (Lipinski definition) is 7. The molecule has 0 saturated carbocycles. The number of aromatic amines is 1. The smallest absolute Gasteiger partial charge is 0.328 e. The van der Waals surface area contributed by atoms with Gasteiger partial charge in [-0.05, 0) is 25.5 Å². The maximum Gasteiger partial charge on any atom is 0.328 e. The highest BCUT2D eigenvalue weighted by atomic mass is 16.8. The molecule has 0 aromatic carbocycles. The van der Waals surface area contributed by atoms with E-state index in [-0.39, 0.29) is 25.5 Å². The minimum atomic E-state index is -0.870. The molecule has 2 N–H and O–H groups in total. The summed E-state index contributed by atoms with van der Waals surface area (Å²) in [4.78, 5) is 42.2. The van der Waals surface area contributed by atoms with Crippen molar-refractivity contribution in [2.24, 2.45) is 0 Å². The number of rotatable bonds is 5. The minimum Gasteiger partial charge on any atom is -0.371 e. The molecule has 2 aliphatic heterocycles. The summed E-state index contributed by atoms with van der Waals surface area (Å²) in [5.74, 6) is -1.02. The van der Waals surface area contributed by atoms with E-state index in [1.165, 1.54) is 16.8 Å². The summed E-state index contributed by atoms with van der Waals surface area (Å²) in [5.41, 5.74) is -0.189. The Morgan fingerprint density at radius 2 is 2.10 bits per heavy atom. The lowest BCUT2D eigenvalue weighted by Crippen LogP contribution is -2.54. The number of pyridine rings is 1. The molecule has 4 atom stereocenters. The summed E-state index contributed by atoms with van der Waals surface area (Å²) in [5, 5.41) is 2.87. The van der Waals surface area contributed by atoms with E-state index in [1.54, 1.807) is 32.3 Å². The van der Waals surface area contributed by atoms with E-state index in [4.69, 9.17) is 14.2 Å². The van der Waals surface area contributed by atoms with Gasteiger partial charge in [-0.2, -0.15) is 0 Å². The highest BCUT2D eigenvalue weighted by Crippen LogP contribution is 2.39. The van der Waals surface area contributed by atoms with Gasteiger partial charge < -0.3 is 19.5 Å². The molecular formula is C20H24N4O6. The quantitative estimate of drug-likeness (QED) is 0.689. The maximum atomic E-state index is 12.3. The maximum absolute atomic E-state index is 12.3. The lowest BCUT2D eigenvalue weighted by molar-refractivity contribution is -0.153. The van der Waals surface area contributed by atoms with Crippen LogP contribution in [0, 0.1) is 0 Å². The van der Waals surface area contributed by atoms with Crippen molar-refractivity contribution >= 4 is 5.91 Å². The number of amides is 1. The number of nitrogens with one attached hydrogen (secondary N) is 2. The van der Waals surface area contributed by atoms with E-state index in [2.05, 4.69) is 15.3 Å². The van der Waals surface area contributed by atoms with Crippen molar-refractivity contribution in [3.05, 3.63) is 63.2 Å². The van der Waals surface area contributed by atoms with Gasteiger partial charge in [-0.15, -0.1) is 0 Å². The zero-order chi connectivity index (χ0) is 21.3. The third-order valence-corrected chi connectivity index (χ3v) is 5.19. The molecule has 0 radical (unpaired) electrons. The number of ether oxygens (including phenoxy) is 3. The van der Waals surface area contributed by atoms with E-state index in [0.29, 0.717) is 0 Å². The number of H-pyrrole nitrogens is 1. The van der Waals surface area contributed by atoms with Crippen LogP contribution in [0.15, 0.2) is 46.4 Å². The third kappa shape index (κ3) is 4.35. The van der Waals surface area contributed by atoms with Crippen molar-refractivity contribution in [3.63, 3.8) is 0 Å². The Hall–Kier alpha value is -2.82.